The maximum atomic E-state index is 13.7. The molecule has 0 aliphatic heterocycles. The van der Waals surface area contributed by atoms with E-state index in [1.54, 1.807) is 24.3 Å². The van der Waals surface area contributed by atoms with Gasteiger partial charge in [-0.1, -0.05) is 48.7 Å². The van der Waals surface area contributed by atoms with E-state index in [2.05, 4.69) is 0 Å². The summed E-state index contributed by atoms with van der Waals surface area (Å²) in [6.07, 6.45) is 1.09. The lowest BCUT2D eigenvalue weighted by atomic mass is 10.1. The van der Waals surface area contributed by atoms with Crippen LogP contribution in [0.25, 0.3) is 11.0 Å². The standard InChI is InChI=1S/C26H24O6S2/c1-4-5-19-14-25(27)32-23-15-22(33(28,29)20-10-6-17(2)7-11-20)16-24(26(19)23)34(30,31)21-12-8-18(3)9-13-21/h6-16H,4-5H2,1-3H3. The first-order valence-electron chi connectivity index (χ1n) is 10.8. The molecular weight excluding hydrogens is 472 g/mol. The summed E-state index contributed by atoms with van der Waals surface area (Å²) in [5.41, 5.74) is 1.53. The van der Waals surface area contributed by atoms with Crippen molar-refractivity contribution in [3.8, 4) is 0 Å². The zero-order valence-electron chi connectivity index (χ0n) is 19.0. The van der Waals surface area contributed by atoms with E-state index in [9.17, 15) is 21.6 Å². The lowest BCUT2D eigenvalue weighted by Gasteiger charge is -2.14. The minimum atomic E-state index is -4.13. The molecule has 0 amide bonds. The van der Waals surface area contributed by atoms with Gasteiger partial charge in [-0.25, -0.2) is 21.6 Å². The Morgan fingerprint density at radius 1 is 0.706 bits per heavy atom. The highest BCUT2D eigenvalue weighted by Crippen LogP contribution is 2.35. The molecule has 0 atom stereocenters. The van der Waals surface area contributed by atoms with Gasteiger partial charge in [-0.3, -0.25) is 0 Å². The van der Waals surface area contributed by atoms with Crippen molar-refractivity contribution in [1.82, 2.24) is 0 Å². The number of hydrogen-bond donors (Lipinski definition) is 0. The van der Waals surface area contributed by atoms with Crippen molar-refractivity contribution in [3.05, 3.63) is 93.8 Å². The van der Waals surface area contributed by atoms with E-state index in [0.717, 1.165) is 11.1 Å². The number of benzene rings is 3. The van der Waals surface area contributed by atoms with E-state index < -0.39 is 25.3 Å². The molecule has 3 aromatic carbocycles. The molecule has 0 aliphatic rings. The van der Waals surface area contributed by atoms with Gasteiger partial charge in [0.1, 0.15) is 5.58 Å². The summed E-state index contributed by atoms with van der Waals surface area (Å²) in [7, 11) is -8.22. The Labute approximate surface area is 198 Å². The van der Waals surface area contributed by atoms with E-state index >= 15 is 0 Å². The van der Waals surface area contributed by atoms with Crippen LogP contribution in [0.3, 0.4) is 0 Å². The molecule has 1 heterocycles. The fourth-order valence-electron chi connectivity index (χ4n) is 3.85. The van der Waals surface area contributed by atoms with Crippen LogP contribution in [0.15, 0.2) is 95.5 Å². The molecule has 34 heavy (non-hydrogen) atoms. The predicted octanol–water partition coefficient (Wildman–Crippen LogP) is 5.03. The molecule has 0 fully saturated rings. The van der Waals surface area contributed by atoms with Crippen molar-refractivity contribution in [2.24, 2.45) is 0 Å². The quantitative estimate of drug-likeness (QED) is 0.347. The third-order valence-electron chi connectivity index (χ3n) is 5.64. The molecule has 6 nitrogen and oxygen atoms in total. The number of aryl methyl sites for hydroxylation is 3. The Balaban J connectivity index is 2.09. The van der Waals surface area contributed by atoms with Gasteiger partial charge in [0, 0.05) is 17.5 Å². The van der Waals surface area contributed by atoms with Crippen LogP contribution in [0.2, 0.25) is 0 Å². The smallest absolute Gasteiger partial charge is 0.336 e. The van der Waals surface area contributed by atoms with Crippen molar-refractivity contribution < 1.29 is 21.3 Å². The number of fused-ring (bicyclic) bond motifs is 1. The second kappa shape index (κ2) is 8.85. The Kier molecular flexibility index (Phi) is 6.22. The Bertz CT molecular complexity index is 1650. The molecule has 0 spiro atoms. The summed E-state index contributed by atoms with van der Waals surface area (Å²) in [5, 5.41) is 0.227. The molecule has 4 aromatic rings. The number of rotatable bonds is 6. The number of hydrogen-bond acceptors (Lipinski definition) is 6. The molecular formula is C26H24O6S2. The number of sulfone groups is 2. The zero-order valence-corrected chi connectivity index (χ0v) is 20.7. The van der Waals surface area contributed by atoms with Gasteiger partial charge in [0.2, 0.25) is 19.7 Å². The average molecular weight is 497 g/mol. The monoisotopic (exact) mass is 496 g/mol. The Morgan fingerprint density at radius 2 is 1.24 bits per heavy atom. The van der Waals surface area contributed by atoms with Gasteiger partial charge in [0.25, 0.3) is 0 Å². The van der Waals surface area contributed by atoms with Gasteiger partial charge in [0.05, 0.1) is 19.6 Å². The van der Waals surface area contributed by atoms with Gasteiger partial charge >= 0.3 is 5.63 Å². The van der Waals surface area contributed by atoms with Gasteiger partial charge in [-0.2, -0.15) is 0 Å². The third kappa shape index (κ3) is 4.31. The fraction of sp³-hybridized carbons (Fsp3) is 0.192. The second-order valence-electron chi connectivity index (χ2n) is 8.27. The summed E-state index contributed by atoms with van der Waals surface area (Å²) in [6, 6.07) is 16.3. The first-order valence-corrected chi connectivity index (χ1v) is 13.7. The van der Waals surface area contributed by atoms with Crippen molar-refractivity contribution in [3.63, 3.8) is 0 Å². The van der Waals surface area contributed by atoms with Crippen LogP contribution in [0.5, 0.6) is 0 Å². The summed E-state index contributed by atoms with van der Waals surface area (Å²) in [6.45, 7) is 5.59. The van der Waals surface area contributed by atoms with Crippen molar-refractivity contribution >= 4 is 30.6 Å². The molecule has 0 unspecified atom stereocenters. The van der Waals surface area contributed by atoms with Gasteiger partial charge in [-0.05, 0) is 56.2 Å². The summed E-state index contributed by atoms with van der Waals surface area (Å²) in [5.74, 6) is 0. The molecule has 1 aromatic heterocycles. The SMILES string of the molecule is CCCc1cc(=O)oc2cc(S(=O)(=O)c3ccc(C)cc3)cc(S(=O)(=O)c3ccc(C)cc3)c12. The average Bonchev–Trinajstić information content (AvgIpc) is 2.79. The lowest BCUT2D eigenvalue weighted by Crippen LogP contribution is -2.10. The van der Waals surface area contributed by atoms with Crippen LogP contribution >= 0.6 is 0 Å². The lowest BCUT2D eigenvalue weighted by molar-refractivity contribution is 0.554. The maximum Gasteiger partial charge on any atom is 0.336 e. The first kappa shape index (κ1) is 23.9. The Morgan fingerprint density at radius 3 is 1.76 bits per heavy atom. The fourth-order valence-corrected chi connectivity index (χ4v) is 6.75. The predicted molar refractivity (Wildman–Crippen MR) is 130 cm³/mol. The molecule has 8 heteroatoms. The van der Waals surface area contributed by atoms with Gasteiger partial charge < -0.3 is 4.42 Å². The molecule has 0 bridgehead atoms. The summed E-state index contributed by atoms with van der Waals surface area (Å²) in [4.78, 5) is 11.8. The minimum absolute atomic E-state index is 0.0168. The van der Waals surface area contributed by atoms with E-state index in [0.29, 0.717) is 18.4 Å². The second-order valence-corrected chi connectivity index (χ2v) is 12.1. The van der Waals surface area contributed by atoms with E-state index in [1.165, 1.54) is 42.5 Å². The van der Waals surface area contributed by atoms with Crippen LogP contribution in [0.4, 0.5) is 0 Å². The topological polar surface area (TPSA) is 98.5 Å². The maximum absolute atomic E-state index is 13.7. The molecule has 0 saturated heterocycles. The van der Waals surface area contributed by atoms with Crippen LogP contribution < -0.4 is 5.63 Å². The van der Waals surface area contributed by atoms with E-state index in [-0.39, 0.29) is 30.6 Å². The highest BCUT2D eigenvalue weighted by molar-refractivity contribution is 7.92. The summed E-state index contributed by atoms with van der Waals surface area (Å²) >= 11 is 0. The van der Waals surface area contributed by atoms with Gasteiger partial charge in [0.15, 0.2) is 0 Å². The van der Waals surface area contributed by atoms with Crippen LogP contribution in [-0.4, -0.2) is 16.8 Å². The van der Waals surface area contributed by atoms with Gasteiger partial charge in [-0.15, -0.1) is 0 Å². The van der Waals surface area contributed by atoms with Crippen LogP contribution in [-0.2, 0) is 26.1 Å². The van der Waals surface area contributed by atoms with E-state index in [4.69, 9.17) is 4.42 Å². The molecule has 0 radical (unpaired) electrons. The zero-order chi connectivity index (χ0) is 24.7. The minimum Gasteiger partial charge on any atom is -0.423 e. The van der Waals surface area contributed by atoms with Crippen molar-refractivity contribution in [2.75, 3.05) is 0 Å². The van der Waals surface area contributed by atoms with Crippen LogP contribution in [0.1, 0.15) is 30.0 Å². The molecule has 4 rings (SSSR count). The van der Waals surface area contributed by atoms with E-state index in [1.807, 2.05) is 20.8 Å². The van der Waals surface area contributed by atoms with Crippen LogP contribution in [0, 0.1) is 13.8 Å². The van der Waals surface area contributed by atoms with Crippen molar-refractivity contribution in [1.29, 1.82) is 0 Å². The molecule has 0 aliphatic carbocycles. The largest absolute Gasteiger partial charge is 0.423 e. The first-order chi connectivity index (χ1) is 16.0. The summed E-state index contributed by atoms with van der Waals surface area (Å²) < 4.78 is 59.7. The highest BCUT2D eigenvalue weighted by Gasteiger charge is 2.28. The highest BCUT2D eigenvalue weighted by atomic mass is 32.2. The van der Waals surface area contributed by atoms with Crippen molar-refractivity contribution in [2.45, 2.75) is 53.2 Å². The third-order valence-corrected chi connectivity index (χ3v) is 9.19. The Hall–Kier alpha value is -3.23. The molecule has 176 valence electrons. The molecule has 0 N–H and O–H groups in total. The normalized spacial score (nSPS) is 12.2. The molecule has 0 saturated carbocycles.